The maximum atomic E-state index is 12.4. The van der Waals surface area contributed by atoms with E-state index in [-0.39, 0.29) is 17.7 Å². The predicted molar refractivity (Wildman–Crippen MR) is 123 cm³/mol. The number of nitrogens with two attached hydrogens (primary N) is 1. The normalized spacial score (nSPS) is 12.2. The molecule has 3 N–H and O–H groups in total. The topological polar surface area (TPSA) is 85.8 Å². The van der Waals surface area contributed by atoms with Crippen LogP contribution in [0.4, 0.5) is 0 Å². The first-order valence-corrected chi connectivity index (χ1v) is 11.1. The third-order valence-corrected chi connectivity index (χ3v) is 5.75. The van der Waals surface area contributed by atoms with E-state index in [2.05, 4.69) is 53.6 Å². The fourth-order valence-electron chi connectivity index (χ4n) is 3.19. The number of rotatable bonds is 8. The molecule has 3 rings (SSSR count). The third kappa shape index (κ3) is 5.63. The molecule has 7 heteroatoms. The zero-order chi connectivity index (χ0) is 21.7. The summed E-state index contributed by atoms with van der Waals surface area (Å²) in [6.45, 7) is 8.43. The molecule has 0 spiro atoms. The second-order valence-corrected chi connectivity index (χ2v) is 8.90. The molecule has 1 heterocycles. The molecule has 1 atom stereocenters. The van der Waals surface area contributed by atoms with Gasteiger partial charge in [-0.1, -0.05) is 79.7 Å². The summed E-state index contributed by atoms with van der Waals surface area (Å²) in [6.07, 6.45) is 1.06. The number of thioether (sulfide) groups is 1. The SMILES string of the molecule is Cc1ccc(-c2nnc(SCC(=O)N[C@H](C)c3ccc(CC(C)C)cc3)n2N)cc1. The van der Waals surface area contributed by atoms with Crippen molar-refractivity contribution in [3.8, 4) is 11.4 Å². The van der Waals surface area contributed by atoms with Crippen molar-refractivity contribution in [2.45, 2.75) is 45.3 Å². The molecule has 0 aliphatic carbocycles. The predicted octanol–water partition coefficient (Wildman–Crippen LogP) is 4.14. The molecule has 0 bridgehead atoms. The van der Waals surface area contributed by atoms with E-state index < -0.39 is 0 Å². The van der Waals surface area contributed by atoms with Crippen LogP contribution in [0.5, 0.6) is 0 Å². The van der Waals surface area contributed by atoms with E-state index in [0.717, 1.165) is 23.1 Å². The van der Waals surface area contributed by atoms with Crippen molar-refractivity contribution in [2.24, 2.45) is 5.92 Å². The third-order valence-electron chi connectivity index (χ3n) is 4.81. The summed E-state index contributed by atoms with van der Waals surface area (Å²) < 4.78 is 1.43. The number of aryl methyl sites for hydroxylation is 1. The Labute approximate surface area is 182 Å². The molecule has 0 saturated carbocycles. The molecule has 2 aromatic carbocycles. The standard InChI is InChI=1S/C23H29N5OS/c1-15(2)13-18-7-11-19(12-8-18)17(4)25-21(29)14-30-23-27-26-22(28(23)24)20-9-5-16(3)6-10-20/h5-12,15,17H,13-14,24H2,1-4H3,(H,25,29)/t17-/m1/s1. The number of nitrogens with one attached hydrogen (secondary N) is 1. The minimum absolute atomic E-state index is 0.0648. The number of nitrogens with zero attached hydrogens (tertiary/aromatic N) is 3. The summed E-state index contributed by atoms with van der Waals surface area (Å²) in [4.78, 5) is 12.4. The molecule has 0 aliphatic heterocycles. The Balaban J connectivity index is 1.55. The highest BCUT2D eigenvalue weighted by molar-refractivity contribution is 7.99. The molecule has 6 nitrogen and oxygen atoms in total. The number of benzene rings is 2. The van der Waals surface area contributed by atoms with Gasteiger partial charge in [0.1, 0.15) is 0 Å². The van der Waals surface area contributed by atoms with Crippen molar-refractivity contribution in [3.05, 3.63) is 65.2 Å². The molecule has 0 radical (unpaired) electrons. The van der Waals surface area contributed by atoms with Gasteiger partial charge in [0.15, 0.2) is 5.82 Å². The summed E-state index contributed by atoms with van der Waals surface area (Å²) in [5.41, 5.74) is 4.46. The Kier molecular flexibility index (Phi) is 7.15. The van der Waals surface area contributed by atoms with E-state index in [9.17, 15) is 4.79 Å². The van der Waals surface area contributed by atoms with Crippen LogP contribution in [0, 0.1) is 12.8 Å². The summed E-state index contributed by atoms with van der Waals surface area (Å²) in [5, 5.41) is 11.8. The second kappa shape index (κ2) is 9.80. The molecule has 0 saturated heterocycles. The Hall–Kier alpha value is -2.80. The average Bonchev–Trinajstić information content (AvgIpc) is 3.07. The fourth-order valence-corrected chi connectivity index (χ4v) is 3.85. The zero-order valence-electron chi connectivity index (χ0n) is 17.9. The largest absolute Gasteiger partial charge is 0.349 e. The van der Waals surface area contributed by atoms with E-state index in [0.29, 0.717) is 16.9 Å². The molecule has 1 aromatic heterocycles. The van der Waals surface area contributed by atoms with Crippen LogP contribution in [0.2, 0.25) is 0 Å². The maximum absolute atomic E-state index is 12.4. The molecule has 0 unspecified atom stereocenters. The van der Waals surface area contributed by atoms with Crippen molar-refractivity contribution in [2.75, 3.05) is 11.6 Å². The Morgan fingerprint density at radius 2 is 1.73 bits per heavy atom. The molecule has 0 fully saturated rings. The van der Waals surface area contributed by atoms with E-state index in [4.69, 9.17) is 5.84 Å². The van der Waals surface area contributed by atoms with E-state index in [1.807, 2.05) is 38.1 Å². The fraction of sp³-hybridized carbons (Fsp3) is 0.348. The molecular formula is C23H29N5OS. The van der Waals surface area contributed by atoms with Gasteiger partial charge < -0.3 is 11.2 Å². The highest BCUT2D eigenvalue weighted by Gasteiger charge is 2.15. The number of carbonyl (C=O) groups is 1. The lowest BCUT2D eigenvalue weighted by Gasteiger charge is -2.15. The van der Waals surface area contributed by atoms with E-state index in [1.165, 1.54) is 22.0 Å². The monoisotopic (exact) mass is 423 g/mol. The minimum atomic E-state index is -0.0707. The maximum Gasteiger partial charge on any atom is 0.230 e. The lowest BCUT2D eigenvalue weighted by molar-refractivity contribution is -0.119. The Morgan fingerprint density at radius 3 is 2.37 bits per heavy atom. The summed E-state index contributed by atoms with van der Waals surface area (Å²) >= 11 is 1.27. The van der Waals surface area contributed by atoms with E-state index >= 15 is 0 Å². The van der Waals surface area contributed by atoms with Crippen molar-refractivity contribution in [1.29, 1.82) is 0 Å². The Morgan fingerprint density at radius 1 is 1.07 bits per heavy atom. The van der Waals surface area contributed by atoms with Crippen molar-refractivity contribution in [3.63, 3.8) is 0 Å². The summed E-state index contributed by atoms with van der Waals surface area (Å²) in [6, 6.07) is 16.3. The summed E-state index contributed by atoms with van der Waals surface area (Å²) in [7, 11) is 0. The van der Waals surface area contributed by atoms with Gasteiger partial charge in [-0.25, -0.2) is 4.68 Å². The average molecular weight is 424 g/mol. The first-order chi connectivity index (χ1) is 14.3. The molecule has 0 aliphatic rings. The number of hydrogen-bond donors (Lipinski definition) is 2. The van der Waals surface area contributed by atoms with Gasteiger partial charge in [-0.3, -0.25) is 4.79 Å². The lowest BCUT2D eigenvalue weighted by Crippen LogP contribution is -2.28. The van der Waals surface area contributed by atoms with E-state index in [1.54, 1.807) is 0 Å². The first-order valence-electron chi connectivity index (χ1n) is 10.1. The number of carbonyl (C=O) groups excluding carboxylic acids is 1. The van der Waals surface area contributed by atoms with Gasteiger partial charge >= 0.3 is 0 Å². The second-order valence-electron chi connectivity index (χ2n) is 7.96. The van der Waals surface area contributed by atoms with Crippen molar-refractivity contribution < 1.29 is 4.79 Å². The van der Waals surface area contributed by atoms with Gasteiger partial charge in [0.25, 0.3) is 0 Å². The van der Waals surface area contributed by atoms with Crippen LogP contribution < -0.4 is 11.2 Å². The molecular weight excluding hydrogens is 394 g/mol. The van der Waals surface area contributed by atoms with Gasteiger partial charge in [0.2, 0.25) is 11.1 Å². The zero-order valence-corrected chi connectivity index (χ0v) is 18.7. The van der Waals surface area contributed by atoms with Crippen molar-refractivity contribution in [1.82, 2.24) is 20.2 Å². The number of hydrogen-bond acceptors (Lipinski definition) is 5. The van der Waals surface area contributed by atoms with Crippen LogP contribution in [-0.4, -0.2) is 26.5 Å². The number of aromatic nitrogens is 3. The van der Waals surface area contributed by atoms with Crippen LogP contribution in [0.25, 0.3) is 11.4 Å². The Bertz CT molecular complexity index is 980. The van der Waals surface area contributed by atoms with Gasteiger partial charge in [-0.05, 0) is 37.3 Å². The molecule has 1 amide bonds. The molecule has 158 valence electrons. The van der Waals surface area contributed by atoms with Gasteiger partial charge in [0.05, 0.1) is 11.8 Å². The van der Waals surface area contributed by atoms with Crippen LogP contribution in [0.15, 0.2) is 53.7 Å². The van der Waals surface area contributed by atoms with Crippen LogP contribution in [-0.2, 0) is 11.2 Å². The van der Waals surface area contributed by atoms with Gasteiger partial charge in [-0.2, -0.15) is 0 Å². The van der Waals surface area contributed by atoms with Gasteiger partial charge in [0, 0.05) is 5.56 Å². The molecule has 30 heavy (non-hydrogen) atoms. The summed E-state index contributed by atoms with van der Waals surface area (Å²) in [5.74, 6) is 7.49. The van der Waals surface area contributed by atoms with Crippen LogP contribution in [0.1, 0.15) is 43.5 Å². The lowest BCUT2D eigenvalue weighted by atomic mass is 10.00. The highest BCUT2D eigenvalue weighted by atomic mass is 32.2. The minimum Gasteiger partial charge on any atom is -0.349 e. The quantitative estimate of drug-likeness (QED) is 0.420. The highest BCUT2D eigenvalue weighted by Crippen LogP contribution is 2.22. The number of amides is 1. The number of nitrogen functional groups attached to an aromatic ring is 1. The molecule has 3 aromatic rings. The smallest absolute Gasteiger partial charge is 0.230 e. The van der Waals surface area contributed by atoms with Crippen LogP contribution >= 0.6 is 11.8 Å². The van der Waals surface area contributed by atoms with Crippen molar-refractivity contribution >= 4 is 17.7 Å². The first kappa shape index (κ1) is 21.9. The van der Waals surface area contributed by atoms with Gasteiger partial charge in [-0.15, -0.1) is 10.2 Å². The van der Waals surface area contributed by atoms with Crippen LogP contribution in [0.3, 0.4) is 0 Å².